The van der Waals surface area contributed by atoms with Crippen molar-refractivity contribution in [2.75, 3.05) is 11.5 Å². The van der Waals surface area contributed by atoms with Crippen LogP contribution in [0.25, 0.3) is 16.3 Å². The maximum absolute atomic E-state index is 5.83. The fraction of sp³-hybridized carbons (Fsp3) is 0.192. The summed E-state index contributed by atoms with van der Waals surface area (Å²) in [6.07, 6.45) is 0. The normalized spacial score (nSPS) is 16.0. The number of aromatic nitrogens is 2. The molecule has 0 saturated heterocycles. The van der Waals surface area contributed by atoms with Gasteiger partial charge in [-0.2, -0.15) is 4.98 Å². The lowest BCUT2D eigenvalue weighted by molar-refractivity contribution is 0.340. The zero-order chi connectivity index (χ0) is 23.7. The van der Waals surface area contributed by atoms with Crippen LogP contribution in [-0.2, 0) is 0 Å². The molecule has 0 radical (unpaired) electrons. The van der Waals surface area contributed by atoms with Gasteiger partial charge in [-0.05, 0) is 74.3 Å². The molecule has 0 saturated carbocycles. The first kappa shape index (κ1) is 22.3. The first-order valence-electron chi connectivity index (χ1n) is 11.0. The lowest BCUT2D eigenvalue weighted by atomic mass is 9.94. The minimum absolute atomic E-state index is 0.249. The molecule has 0 amide bonds. The molecule has 2 aromatic heterocycles. The number of aryl methyl sites for hydroxylation is 1. The van der Waals surface area contributed by atoms with E-state index in [2.05, 4.69) is 41.7 Å². The fourth-order valence-corrected chi connectivity index (χ4v) is 5.05. The van der Waals surface area contributed by atoms with Gasteiger partial charge in [-0.3, -0.25) is 4.90 Å². The maximum atomic E-state index is 5.83. The number of rotatable bonds is 6. The molecule has 3 heterocycles. The Morgan fingerprint density at radius 2 is 1.85 bits per heavy atom. The van der Waals surface area contributed by atoms with Crippen molar-refractivity contribution in [3.05, 3.63) is 88.8 Å². The minimum atomic E-state index is -0.249. The van der Waals surface area contributed by atoms with Gasteiger partial charge < -0.3 is 14.6 Å². The van der Waals surface area contributed by atoms with E-state index in [0.717, 1.165) is 33.1 Å². The van der Waals surface area contributed by atoms with Gasteiger partial charge in [-0.1, -0.05) is 41.1 Å². The van der Waals surface area contributed by atoms with Gasteiger partial charge in [-0.15, -0.1) is 11.3 Å². The van der Waals surface area contributed by atoms with E-state index >= 15 is 0 Å². The van der Waals surface area contributed by atoms with E-state index in [9.17, 15) is 0 Å². The highest BCUT2D eigenvalue weighted by atomic mass is 32.1. The molecule has 1 aliphatic heterocycles. The van der Waals surface area contributed by atoms with E-state index in [4.69, 9.17) is 26.5 Å². The van der Waals surface area contributed by atoms with E-state index in [-0.39, 0.29) is 6.04 Å². The molecule has 1 N–H and O–H groups in total. The number of benzene rings is 2. The first-order chi connectivity index (χ1) is 16.5. The van der Waals surface area contributed by atoms with Crippen LogP contribution in [0.15, 0.2) is 76.3 Å². The SMILES string of the molecule is CCOc1ccc(C2NC(=S)N(c3ccc(C)cc3)C(C)=C2c2nc(-c3cccs3)no2)cc1. The Hall–Kier alpha value is -3.49. The van der Waals surface area contributed by atoms with Gasteiger partial charge in [0.1, 0.15) is 5.75 Å². The van der Waals surface area contributed by atoms with Crippen molar-refractivity contribution in [1.29, 1.82) is 0 Å². The predicted octanol–water partition coefficient (Wildman–Crippen LogP) is 6.37. The highest BCUT2D eigenvalue weighted by Crippen LogP contribution is 2.39. The Bertz CT molecular complexity index is 1330. The summed E-state index contributed by atoms with van der Waals surface area (Å²) in [5, 5.41) is 10.4. The molecule has 1 unspecified atom stereocenters. The summed E-state index contributed by atoms with van der Waals surface area (Å²) < 4.78 is 11.4. The Morgan fingerprint density at radius 3 is 2.53 bits per heavy atom. The van der Waals surface area contributed by atoms with Crippen LogP contribution in [0, 0.1) is 6.92 Å². The second-order valence-corrected chi connectivity index (χ2v) is 9.29. The third kappa shape index (κ3) is 4.22. The molecule has 0 fully saturated rings. The average molecular weight is 489 g/mol. The molecule has 172 valence electrons. The average Bonchev–Trinajstić information content (AvgIpc) is 3.53. The zero-order valence-electron chi connectivity index (χ0n) is 19.1. The molecule has 1 atom stereocenters. The highest BCUT2D eigenvalue weighted by molar-refractivity contribution is 7.80. The van der Waals surface area contributed by atoms with Crippen molar-refractivity contribution in [2.45, 2.75) is 26.8 Å². The van der Waals surface area contributed by atoms with Crippen molar-refractivity contribution in [3.8, 4) is 16.5 Å². The van der Waals surface area contributed by atoms with Crippen molar-refractivity contribution in [2.24, 2.45) is 0 Å². The molecular formula is C26H24N4O2S2. The number of thiophene rings is 1. The number of hydrogen-bond acceptors (Lipinski definition) is 6. The maximum Gasteiger partial charge on any atom is 0.258 e. The monoisotopic (exact) mass is 488 g/mol. The Balaban J connectivity index is 1.62. The van der Waals surface area contributed by atoms with Crippen LogP contribution in [0.2, 0.25) is 0 Å². The summed E-state index contributed by atoms with van der Waals surface area (Å²) in [6, 6.07) is 20.0. The second-order valence-electron chi connectivity index (χ2n) is 7.96. The van der Waals surface area contributed by atoms with E-state index in [1.807, 2.05) is 60.5 Å². The lowest BCUT2D eigenvalue weighted by Gasteiger charge is -2.37. The standard InChI is InChI=1S/C26H24N4O2S2/c1-4-31-20-13-9-18(10-14-20)23-22(25-28-24(29-32-25)21-6-5-15-34-21)17(3)30(26(33)27-23)19-11-7-16(2)8-12-19/h5-15,23H,4H2,1-3H3,(H,27,33). The van der Waals surface area contributed by atoms with Crippen LogP contribution in [0.4, 0.5) is 5.69 Å². The number of ether oxygens (including phenoxy) is 1. The molecular weight excluding hydrogens is 464 g/mol. The third-order valence-corrected chi connectivity index (χ3v) is 6.87. The van der Waals surface area contributed by atoms with E-state index in [1.54, 1.807) is 11.3 Å². The van der Waals surface area contributed by atoms with Gasteiger partial charge in [-0.25, -0.2) is 0 Å². The van der Waals surface area contributed by atoms with Gasteiger partial charge >= 0.3 is 0 Å². The van der Waals surface area contributed by atoms with E-state index in [1.165, 1.54) is 5.56 Å². The van der Waals surface area contributed by atoms with Gasteiger partial charge in [0.05, 0.1) is 23.1 Å². The molecule has 5 rings (SSSR count). The van der Waals surface area contributed by atoms with Crippen molar-refractivity contribution >= 4 is 39.9 Å². The predicted molar refractivity (Wildman–Crippen MR) is 140 cm³/mol. The zero-order valence-corrected chi connectivity index (χ0v) is 20.7. The van der Waals surface area contributed by atoms with Crippen molar-refractivity contribution < 1.29 is 9.26 Å². The third-order valence-electron chi connectivity index (χ3n) is 5.70. The Kier molecular flexibility index (Phi) is 6.17. The van der Waals surface area contributed by atoms with Gasteiger partial charge in [0, 0.05) is 11.4 Å². The molecule has 0 bridgehead atoms. The summed E-state index contributed by atoms with van der Waals surface area (Å²) in [5.74, 6) is 1.86. The number of nitrogens with one attached hydrogen (secondary N) is 1. The summed E-state index contributed by atoms with van der Waals surface area (Å²) in [5.41, 5.74) is 5.01. The van der Waals surface area contributed by atoms with Crippen LogP contribution >= 0.6 is 23.6 Å². The smallest absolute Gasteiger partial charge is 0.258 e. The molecule has 34 heavy (non-hydrogen) atoms. The molecule has 0 aliphatic carbocycles. The molecule has 6 nitrogen and oxygen atoms in total. The first-order valence-corrected chi connectivity index (χ1v) is 12.3. The van der Waals surface area contributed by atoms with Crippen LogP contribution in [0.1, 0.15) is 36.9 Å². The molecule has 8 heteroatoms. The molecule has 0 spiro atoms. The Labute approximate surface area is 207 Å². The summed E-state index contributed by atoms with van der Waals surface area (Å²) in [4.78, 5) is 7.73. The van der Waals surface area contributed by atoms with Gasteiger partial charge in [0.2, 0.25) is 5.82 Å². The number of nitrogens with zero attached hydrogens (tertiary/aromatic N) is 3. The lowest BCUT2D eigenvalue weighted by Crippen LogP contribution is -2.46. The molecule has 2 aromatic carbocycles. The quantitative estimate of drug-likeness (QED) is 0.316. The number of anilines is 1. The minimum Gasteiger partial charge on any atom is -0.494 e. The van der Waals surface area contributed by atoms with Crippen LogP contribution in [0.5, 0.6) is 5.75 Å². The largest absolute Gasteiger partial charge is 0.494 e. The van der Waals surface area contributed by atoms with Crippen LogP contribution in [0.3, 0.4) is 0 Å². The van der Waals surface area contributed by atoms with E-state index < -0.39 is 0 Å². The fourth-order valence-electron chi connectivity index (χ4n) is 4.04. The summed E-state index contributed by atoms with van der Waals surface area (Å²) in [7, 11) is 0. The summed E-state index contributed by atoms with van der Waals surface area (Å²) in [6.45, 7) is 6.70. The number of thiocarbonyl (C=S) groups is 1. The number of hydrogen-bond donors (Lipinski definition) is 1. The number of allylic oxidation sites excluding steroid dienone is 1. The summed E-state index contributed by atoms with van der Waals surface area (Å²) >= 11 is 7.41. The van der Waals surface area contributed by atoms with E-state index in [0.29, 0.717) is 23.4 Å². The Morgan fingerprint density at radius 1 is 1.09 bits per heavy atom. The molecule has 1 aliphatic rings. The topological polar surface area (TPSA) is 63.4 Å². The van der Waals surface area contributed by atoms with Crippen LogP contribution in [-0.4, -0.2) is 21.9 Å². The van der Waals surface area contributed by atoms with Gasteiger partial charge in [0.15, 0.2) is 5.11 Å². The van der Waals surface area contributed by atoms with Crippen molar-refractivity contribution in [3.63, 3.8) is 0 Å². The second kappa shape index (κ2) is 9.40. The van der Waals surface area contributed by atoms with Crippen molar-refractivity contribution in [1.82, 2.24) is 15.5 Å². The molecule has 4 aromatic rings. The van der Waals surface area contributed by atoms with Crippen LogP contribution < -0.4 is 15.0 Å². The van der Waals surface area contributed by atoms with Gasteiger partial charge in [0.25, 0.3) is 5.89 Å². The highest BCUT2D eigenvalue weighted by Gasteiger charge is 2.34.